The van der Waals surface area contributed by atoms with Gasteiger partial charge in [0.15, 0.2) is 0 Å². The Balaban J connectivity index is 2.39. The van der Waals surface area contributed by atoms with Gasteiger partial charge in [-0.3, -0.25) is 0 Å². The number of thioether (sulfide) groups is 1. The summed E-state index contributed by atoms with van der Waals surface area (Å²) in [6.45, 7) is 6.52. The zero-order chi connectivity index (χ0) is 12.0. The lowest BCUT2D eigenvalue weighted by molar-refractivity contribution is 0.624. The van der Waals surface area contributed by atoms with Crippen LogP contribution in [0.3, 0.4) is 0 Å². The molecule has 0 spiro atoms. The van der Waals surface area contributed by atoms with E-state index >= 15 is 0 Å². The van der Waals surface area contributed by atoms with Crippen LogP contribution in [0.2, 0.25) is 0 Å². The van der Waals surface area contributed by atoms with E-state index in [0.717, 1.165) is 12.8 Å². The van der Waals surface area contributed by atoms with Gasteiger partial charge < -0.3 is 5.73 Å². The lowest BCUT2D eigenvalue weighted by Gasteiger charge is -2.07. The van der Waals surface area contributed by atoms with E-state index in [1.165, 1.54) is 16.9 Å². The van der Waals surface area contributed by atoms with Gasteiger partial charge in [-0.2, -0.15) is 0 Å². The van der Waals surface area contributed by atoms with Gasteiger partial charge in [-0.25, -0.2) is 0 Å². The number of rotatable bonds is 6. The maximum atomic E-state index is 5.73. The molecule has 1 aromatic carbocycles. The summed E-state index contributed by atoms with van der Waals surface area (Å²) >= 11 is 1.92. The fraction of sp³-hybridized carbons (Fsp3) is 0.571. The SMILES string of the molecule is CC(N)CCCc1ccc(SC(C)C)cc1. The third-order valence-corrected chi connectivity index (χ3v) is 3.44. The Labute approximate surface area is 104 Å². The van der Waals surface area contributed by atoms with E-state index < -0.39 is 0 Å². The summed E-state index contributed by atoms with van der Waals surface area (Å²) in [5, 5.41) is 0.656. The molecule has 0 saturated heterocycles. The second-order valence-corrected chi connectivity index (χ2v) is 6.33. The number of nitrogens with two attached hydrogens (primary N) is 1. The Hall–Kier alpha value is -0.470. The minimum atomic E-state index is 0.329. The average Bonchev–Trinajstić information content (AvgIpc) is 2.19. The molecule has 0 aromatic heterocycles. The summed E-state index contributed by atoms with van der Waals surface area (Å²) in [6, 6.07) is 9.27. The standard InChI is InChI=1S/C14H23NS/c1-11(2)16-14-9-7-13(8-10-14)6-4-5-12(3)15/h7-12H,4-6,15H2,1-3H3. The van der Waals surface area contributed by atoms with Crippen molar-refractivity contribution in [2.45, 2.75) is 56.2 Å². The highest BCUT2D eigenvalue weighted by Crippen LogP contribution is 2.23. The Morgan fingerprint density at radius 1 is 1.12 bits per heavy atom. The molecule has 0 heterocycles. The lowest BCUT2D eigenvalue weighted by Crippen LogP contribution is -2.14. The normalized spacial score (nSPS) is 13.1. The van der Waals surface area contributed by atoms with Crippen LogP contribution < -0.4 is 5.73 Å². The summed E-state index contributed by atoms with van der Waals surface area (Å²) in [6.07, 6.45) is 3.45. The molecule has 0 aliphatic heterocycles. The van der Waals surface area contributed by atoms with Crippen LogP contribution in [0, 0.1) is 0 Å². The van der Waals surface area contributed by atoms with Crippen LogP contribution in [0.25, 0.3) is 0 Å². The molecule has 0 aliphatic carbocycles. The second-order valence-electron chi connectivity index (χ2n) is 4.68. The predicted molar refractivity (Wildman–Crippen MR) is 74.0 cm³/mol. The smallest absolute Gasteiger partial charge is 0.00747 e. The zero-order valence-corrected chi connectivity index (χ0v) is 11.4. The van der Waals surface area contributed by atoms with Gasteiger partial charge in [0.05, 0.1) is 0 Å². The number of hydrogen-bond donors (Lipinski definition) is 1. The molecule has 0 radical (unpaired) electrons. The molecule has 2 heteroatoms. The molecule has 1 nitrogen and oxygen atoms in total. The monoisotopic (exact) mass is 237 g/mol. The number of aryl methyl sites for hydroxylation is 1. The van der Waals surface area contributed by atoms with Crippen LogP contribution >= 0.6 is 11.8 Å². The summed E-state index contributed by atoms with van der Waals surface area (Å²) in [7, 11) is 0. The van der Waals surface area contributed by atoms with Crippen LogP contribution in [0.4, 0.5) is 0 Å². The quantitative estimate of drug-likeness (QED) is 0.760. The van der Waals surface area contributed by atoms with E-state index in [4.69, 9.17) is 5.73 Å². The minimum absolute atomic E-state index is 0.329. The first-order valence-electron chi connectivity index (χ1n) is 6.09. The van der Waals surface area contributed by atoms with E-state index in [-0.39, 0.29) is 0 Å². The van der Waals surface area contributed by atoms with Crippen LogP contribution in [0.1, 0.15) is 39.2 Å². The summed E-state index contributed by atoms with van der Waals surface area (Å²) in [5.41, 5.74) is 7.16. The van der Waals surface area contributed by atoms with Crippen molar-refractivity contribution in [1.82, 2.24) is 0 Å². The fourth-order valence-electron chi connectivity index (χ4n) is 1.64. The molecule has 1 atom stereocenters. The van der Waals surface area contributed by atoms with Gasteiger partial charge in [0.1, 0.15) is 0 Å². The van der Waals surface area contributed by atoms with Crippen LogP contribution in [-0.2, 0) is 6.42 Å². The molecule has 0 fully saturated rings. The third kappa shape index (κ3) is 5.57. The molecule has 1 unspecified atom stereocenters. The third-order valence-electron chi connectivity index (χ3n) is 2.42. The van der Waals surface area contributed by atoms with E-state index in [2.05, 4.69) is 45.0 Å². The first-order valence-corrected chi connectivity index (χ1v) is 6.97. The van der Waals surface area contributed by atoms with Gasteiger partial charge >= 0.3 is 0 Å². The number of hydrogen-bond acceptors (Lipinski definition) is 2. The maximum Gasteiger partial charge on any atom is 0.00747 e. The van der Waals surface area contributed by atoms with E-state index in [0.29, 0.717) is 11.3 Å². The molecule has 0 saturated carbocycles. The largest absolute Gasteiger partial charge is 0.328 e. The molecule has 2 N–H and O–H groups in total. The molecule has 0 bridgehead atoms. The van der Waals surface area contributed by atoms with Crippen LogP contribution in [0.5, 0.6) is 0 Å². The first kappa shape index (κ1) is 13.6. The van der Waals surface area contributed by atoms with E-state index in [1.54, 1.807) is 0 Å². The van der Waals surface area contributed by atoms with Crippen molar-refractivity contribution < 1.29 is 0 Å². The van der Waals surface area contributed by atoms with Gasteiger partial charge in [-0.05, 0) is 43.9 Å². The van der Waals surface area contributed by atoms with Crippen LogP contribution in [0.15, 0.2) is 29.2 Å². The average molecular weight is 237 g/mol. The van der Waals surface area contributed by atoms with Gasteiger partial charge in [0, 0.05) is 16.2 Å². The van der Waals surface area contributed by atoms with Crippen molar-refractivity contribution in [3.63, 3.8) is 0 Å². The van der Waals surface area contributed by atoms with E-state index in [1.807, 2.05) is 11.8 Å². The second kappa shape index (κ2) is 6.97. The van der Waals surface area contributed by atoms with Crippen molar-refractivity contribution >= 4 is 11.8 Å². The van der Waals surface area contributed by atoms with E-state index in [9.17, 15) is 0 Å². The van der Waals surface area contributed by atoms with Gasteiger partial charge in [0.25, 0.3) is 0 Å². The summed E-state index contributed by atoms with van der Waals surface area (Å²) < 4.78 is 0. The molecule has 90 valence electrons. The highest BCUT2D eigenvalue weighted by atomic mass is 32.2. The molecular formula is C14H23NS. The Kier molecular flexibility index (Phi) is 5.93. The zero-order valence-electron chi connectivity index (χ0n) is 10.6. The highest BCUT2D eigenvalue weighted by Gasteiger charge is 1.99. The Morgan fingerprint density at radius 3 is 2.25 bits per heavy atom. The van der Waals surface area contributed by atoms with Gasteiger partial charge in [-0.15, -0.1) is 11.8 Å². The van der Waals surface area contributed by atoms with Crippen molar-refractivity contribution in [2.75, 3.05) is 0 Å². The highest BCUT2D eigenvalue weighted by molar-refractivity contribution is 7.99. The lowest BCUT2D eigenvalue weighted by atomic mass is 10.1. The van der Waals surface area contributed by atoms with Gasteiger partial charge in [0.2, 0.25) is 0 Å². The number of benzene rings is 1. The predicted octanol–water partition coefficient (Wildman–Crippen LogP) is 3.86. The fourth-order valence-corrected chi connectivity index (χ4v) is 2.47. The molecule has 1 rings (SSSR count). The molecule has 0 aliphatic rings. The molecule has 0 amide bonds. The van der Waals surface area contributed by atoms with Crippen molar-refractivity contribution in [3.05, 3.63) is 29.8 Å². The Bertz CT molecular complexity index is 290. The van der Waals surface area contributed by atoms with Gasteiger partial charge in [-0.1, -0.05) is 26.0 Å². The molecule has 1 aromatic rings. The topological polar surface area (TPSA) is 26.0 Å². The van der Waals surface area contributed by atoms with Crippen molar-refractivity contribution in [3.8, 4) is 0 Å². The minimum Gasteiger partial charge on any atom is -0.328 e. The first-order chi connectivity index (χ1) is 7.58. The summed E-state index contributed by atoms with van der Waals surface area (Å²) in [5.74, 6) is 0. The Morgan fingerprint density at radius 2 is 1.75 bits per heavy atom. The summed E-state index contributed by atoms with van der Waals surface area (Å²) in [4.78, 5) is 1.37. The van der Waals surface area contributed by atoms with Crippen LogP contribution in [-0.4, -0.2) is 11.3 Å². The van der Waals surface area contributed by atoms with Crippen molar-refractivity contribution in [2.24, 2.45) is 5.73 Å². The molecular weight excluding hydrogens is 214 g/mol. The maximum absolute atomic E-state index is 5.73. The molecule has 16 heavy (non-hydrogen) atoms. The van der Waals surface area contributed by atoms with Crippen molar-refractivity contribution in [1.29, 1.82) is 0 Å².